The van der Waals surface area contributed by atoms with E-state index in [0.717, 1.165) is 37.3 Å². The minimum atomic E-state index is 0. The van der Waals surface area contributed by atoms with Crippen molar-refractivity contribution in [3.05, 3.63) is 66.6 Å². The second kappa shape index (κ2) is 10.5. The van der Waals surface area contributed by atoms with Crippen LogP contribution in [0.25, 0.3) is 0 Å². The van der Waals surface area contributed by atoms with E-state index in [0.29, 0.717) is 12.5 Å². The molecule has 0 aliphatic carbocycles. The van der Waals surface area contributed by atoms with Crippen molar-refractivity contribution in [2.45, 2.75) is 32.1 Å². The summed E-state index contributed by atoms with van der Waals surface area (Å²) in [5.74, 6) is 1.26. The first kappa shape index (κ1) is 21.6. The first-order chi connectivity index (χ1) is 11.3. The van der Waals surface area contributed by atoms with Crippen LogP contribution in [-0.2, 0) is 33.3 Å². The molecule has 3 nitrogen and oxygen atoms in total. The number of fused-ring (bicyclic) bond motifs is 1. The Morgan fingerprint density at radius 3 is 2.64 bits per heavy atom. The summed E-state index contributed by atoms with van der Waals surface area (Å²) in [6.45, 7) is 3.51. The molecule has 0 radical (unpaired) electrons. The van der Waals surface area contributed by atoms with Gasteiger partial charge in [-0.05, 0) is 54.3 Å². The molecule has 0 saturated heterocycles. The van der Waals surface area contributed by atoms with E-state index >= 15 is 0 Å². The Labute approximate surface area is 166 Å². The summed E-state index contributed by atoms with van der Waals surface area (Å²) >= 11 is 0. The minimum absolute atomic E-state index is 0. The normalized spacial score (nSPS) is 12.7. The van der Waals surface area contributed by atoms with E-state index in [-0.39, 0.29) is 29.3 Å². The predicted octanol–water partition coefficient (Wildman–Crippen LogP) is 4.71. The number of nitrogens with zero attached hydrogens (tertiary/aromatic N) is 1. The Morgan fingerprint density at radius 2 is 1.96 bits per heavy atom. The van der Waals surface area contributed by atoms with Gasteiger partial charge in [0.15, 0.2) is 0 Å². The summed E-state index contributed by atoms with van der Waals surface area (Å²) in [6, 6.07) is 14.9. The van der Waals surface area contributed by atoms with Crippen LogP contribution in [0.2, 0.25) is 0 Å². The van der Waals surface area contributed by atoms with Gasteiger partial charge in [0.25, 0.3) is 0 Å². The number of aliphatic imine (C=N–C) groups is 1. The molecule has 0 fully saturated rings. The van der Waals surface area contributed by atoms with Gasteiger partial charge in [-0.25, -0.2) is 0 Å². The maximum absolute atomic E-state index is 6.03. The predicted molar refractivity (Wildman–Crippen MR) is 105 cm³/mol. The average molecular weight is 438 g/mol. The van der Waals surface area contributed by atoms with Crippen LogP contribution < -0.4 is 10.5 Å². The molecule has 0 bridgehead atoms. The van der Waals surface area contributed by atoms with E-state index in [4.69, 9.17) is 10.5 Å². The van der Waals surface area contributed by atoms with Crippen molar-refractivity contribution >= 4 is 11.9 Å². The van der Waals surface area contributed by atoms with Crippen molar-refractivity contribution in [3.8, 4) is 5.75 Å². The largest absolute Gasteiger partial charge is 0.494 e. The summed E-state index contributed by atoms with van der Waals surface area (Å²) in [6.07, 6.45) is 4.90. The number of hydrogen-bond acceptors (Lipinski definition) is 3. The molecule has 3 rings (SSSR count). The van der Waals surface area contributed by atoms with Crippen molar-refractivity contribution in [1.29, 1.82) is 0 Å². The summed E-state index contributed by atoms with van der Waals surface area (Å²) in [5, 5.41) is 0. The van der Waals surface area contributed by atoms with Gasteiger partial charge in [0.2, 0.25) is 0 Å². The van der Waals surface area contributed by atoms with Gasteiger partial charge in [0.05, 0.1) is 12.3 Å². The zero-order valence-electron chi connectivity index (χ0n) is 15.0. The third-order valence-electron chi connectivity index (χ3n) is 4.28. The second-order valence-electron chi connectivity index (χ2n) is 6.03. The van der Waals surface area contributed by atoms with Crippen LogP contribution in [0.5, 0.6) is 5.75 Å². The molecule has 4 heteroatoms. The van der Waals surface area contributed by atoms with Gasteiger partial charge in [-0.3, -0.25) is 4.99 Å². The molecule has 1 unspecified atom stereocenters. The topological polar surface area (TPSA) is 47.6 Å². The van der Waals surface area contributed by atoms with Gasteiger partial charge in [0, 0.05) is 40.4 Å². The Balaban J connectivity index is 0.00000208. The third kappa shape index (κ3) is 5.51. The maximum Gasteiger partial charge on any atom is 0.119 e. The Kier molecular flexibility index (Phi) is 9.07. The second-order valence-corrected chi connectivity index (χ2v) is 6.03. The fourth-order valence-electron chi connectivity index (χ4n) is 2.98. The molecular formula is C21H29N2OPd-. The molecule has 0 amide bonds. The van der Waals surface area contributed by atoms with E-state index < -0.39 is 0 Å². The van der Waals surface area contributed by atoms with Crippen LogP contribution in [0, 0.1) is 7.43 Å². The standard InChI is InChI=1S/C20H24N2O.CH3.Pd.H2/c1-2-11-23-19-6-4-16(5-7-19)18(14-21)13-15-3-8-20-17(12-15)9-10-22-20;;;/h3-8,10,12,18H,2,9,11,13-14,21H2,1H3;1H3;;1H/q;-1;;/i4+1,5+1,6+1,7+1,16+1,19+1;;;. The Bertz CT molecular complexity index is 689. The summed E-state index contributed by atoms with van der Waals surface area (Å²) < 4.78 is 5.65. The SMILES string of the molecule is CCCO[13c]1[13cH][13cH][13c](C(CN)Cc2ccc3c(c2)CC=N3)[13cH][13cH]1.[CH3-].[HH].[Pd]. The zero-order chi connectivity index (χ0) is 16.1. The van der Waals surface area contributed by atoms with Crippen LogP contribution >= 0.6 is 0 Å². The van der Waals surface area contributed by atoms with E-state index in [2.05, 4.69) is 42.2 Å². The molecule has 0 spiro atoms. The van der Waals surface area contributed by atoms with Gasteiger partial charge >= 0.3 is 0 Å². The smallest absolute Gasteiger partial charge is 0.119 e. The van der Waals surface area contributed by atoms with Gasteiger partial charge in [-0.2, -0.15) is 0 Å². The quantitative estimate of drug-likeness (QED) is 0.503. The fourth-order valence-corrected chi connectivity index (χ4v) is 2.98. The molecule has 1 heterocycles. The monoisotopic (exact) mass is 437 g/mol. The molecule has 0 aromatic heterocycles. The minimum Gasteiger partial charge on any atom is -0.494 e. The molecular weight excluding hydrogens is 409 g/mol. The van der Waals surface area contributed by atoms with Crippen LogP contribution in [0.3, 0.4) is 0 Å². The molecule has 1 aliphatic rings. The zero-order valence-corrected chi connectivity index (χ0v) is 16.5. The van der Waals surface area contributed by atoms with E-state index in [9.17, 15) is 0 Å². The van der Waals surface area contributed by atoms with E-state index in [1.54, 1.807) is 0 Å². The molecule has 1 aliphatic heterocycles. The number of ether oxygens (including phenoxy) is 1. The van der Waals surface area contributed by atoms with Gasteiger partial charge < -0.3 is 17.9 Å². The third-order valence-corrected chi connectivity index (χ3v) is 4.28. The number of hydrogen-bond donors (Lipinski definition) is 1. The van der Waals surface area contributed by atoms with Gasteiger partial charge in [-0.15, -0.1) is 0 Å². The molecule has 1 atom stereocenters. The van der Waals surface area contributed by atoms with Crippen LogP contribution in [0.15, 0.2) is 47.5 Å². The van der Waals surface area contributed by atoms with Gasteiger partial charge in [0.1, 0.15) is 5.75 Å². The van der Waals surface area contributed by atoms with Crippen LogP contribution in [0.1, 0.15) is 37.4 Å². The molecule has 25 heavy (non-hydrogen) atoms. The van der Waals surface area contributed by atoms with Crippen molar-refractivity contribution < 1.29 is 26.6 Å². The van der Waals surface area contributed by atoms with E-state index in [1.165, 1.54) is 16.7 Å². The van der Waals surface area contributed by atoms with Crippen molar-refractivity contribution in [3.63, 3.8) is 0 Å². The first-order valence-electron chi connectivity index (χ1n) is 8.37. The maximum atomic E-state index is 6.03. The molecule has 140 valence electrons. The van der Waals surface area contributed by atoms with E-state index in [1.807, 2.05) is 18.3 Å². The number of rotatable bonds is 7. The van der Waals surface area contributed by atoms with Crippen LogP contribution in [0.4, 0.5) is 5.69 Å². The molecule has 2 N–H and O–H groups in total. The fraction of sp³-hybridized carbons (Fsp3) is 0.333. The average Bonchev–Trinajstić information content (AvgIpc) is 3.06. The van der Waals surface area contributed by atoms with Gasteiger partial charge in [-0.1, -0.05) is 31.2 Å². The molecule has 2 aromatic carbocycles. The number of benzene rings is 2. The van der Waals surface area contributed by atoms with Crippen LogP contribution in [-0.4, -0.2) is 19.4 Å². The summed E-state index contributed by atoms with van der Waals surface area (Å²) in [4.78, 5) is 4.37. The first-order valence-corrected chi connectivity index (χ1v) is 8.37. The molecule has 2 aromatic rings. The Morgan fingerprint density at radius 1 is 1.20 bits per heavy atom. The van der Waals surface area contributed by atoms with Crippen molar-refractivity contribution in [2.24, 2.45) is 10.7 Å². The van der Waals surface area contributed by atoms with Crippen molar-refractivity contribution in [1.82, 2.24) is 0 Å². The molecule has 0 saturated carbocycles. The Hall–Kier alpha value is -1.47. The summed E-state index contributed by atoms with van der Waals surface area (Å²) in [5.41, 5.74) is 11.1. The van der Waals surface area contributed by atoms with Crippen molar-refractivity contribution in [2.75, 3.05) is 13.2 Å². The number of nitrogens with two attached hydrogens (primary N) is 1. The summed E-state index contributed by atoms with van der Waals surface area (Å²) in [7, 11) is 0.